The molecule has 2 nitrogen and oxygen atoms in total. The zero-order chi connectivity index (χ0) is 12.4. The van der Waals surface area contributed by atoms with Crippen molar-refractivity contribution in [3.63, 3.8) is 0 Å². The summed E-state index contributed by atoms with van der Waals surface area (Å²) in [6.45, 7) is 7.52. The molecule has 90 valence electrons. The molecule has 2 unspecified atom stereocenters. The van der Waals surface area contributed by atoms with Crippen molar-refractivity contribution >= 4 is 5.97 Å². The molecule has 1 aromatic rings. The van der Waals surface area contributed by atoms with Gasteiger partial charge in [0.1, 0.15) is 6.10 Å². The minimum atomic E-state index is -0.292. The summed E-state index contributed by atoms with van der Waals surface area (Å²) in [5, 5.41) is 0. The molecule has 1 aromatic carbocycles. The third-order valence-corrected chi connectivity index (χ3v) is 3.33. The van der Waals surface area contributed by atoms with Crippen LogP contribution in [-0.2, 0) is 9.53 Å². The average molecular weight is 230 g/mol. The van der Waals surface area contributed by atoms with Crippen molar-refractivity contribution in [2.24, 2.45) is 0 Å². The van der Waals surface area contributed by atoms with E-state index in [1.807, 2.05) is 12.1 Å². The number of hydrogen-bond acceptors (Lipinski definition) is 2. The molecule has 0 aromatic heterocycles. The summed E-state index contributed by atoms with van der Waals surface area (Å²) in [6.07, 6.45) is 1.86. The number of esters is 1. The van der Waals surface area contributed by atoms with Crippen LogP contribution in [0.25, 0.3) is 0 Å². The lowest BCUT2D eigenvalue weighted by Crippen LogP contribution is -2.18. The SMILES string of the molecule is C=C(C)C(=O)OC1CCC(C)c2ccccc21. The molecule has 0 bridgehead atoms. The molecule has 0 spiro atoms. The van der Waals surface area contributed by atoms with E-state index in [-0.39, 0.29) is 12.1 Å². The third-order valence-electron chi connectivity index (χ3n) is 3.33. The maximum absolute atomic E-state index is 11.6. The maximum atomic E-state index is 11.6. The topological polar surface area (TPSA) is 26.3 Å². The molecule has 2 heteroatoms. The van der Waals surface area contributed by atoms with Crippen LogP contribution >= 0.6 is 0 Å². The molecule has 17 heavy (non-hydrogen) atoms. The summed E-state index contributed by atoms with van der Waals surface area (Å²) in [5.74, 6) is 0.255. The van der Waals surface area contributed by atoms with Crippen LogP contribution in [0.1, 0.15) is 49.8 Å². The number of fused-ring (bicyclic) bond motifs is 1. The highest BCUT2D eigenvalue weighted by atomic mass is 16.5. The van der Waals surface area contributed by atoms with Crippen molar-refractivity contribution < 1.29 is 9.53 Å². The van der Waals surface area contributed by atoms with Gasteiger partial charge in [0.05, 0.1) is 0 Å². The minimum Gasteiger partial charge on any atom is -0.454 e. The number of hydrogen-bond donors (Lipinski definition) is 0. The number of ether oxygens (including phenoxy) is 1. The number of carbonyl (C=O) groups excluding carboxylic acids is 1. The van der Waals surface area contributed by atoms with Crippen molar-refractivity contribution in [3.05, 3.63) is 47.5 Å². The maximum Gasteiger partial charge on any atom is 0.333 e. The smallest absolute Gasteiger partial charge is 0.333 e. The van der Waals surface area contributed by atoms with Crippen LogP contribution in [-0.4, -0.2) is 5.97 Å². The van der Waals surface area contributed by atoms with E-state index < -0.39 is 0 Å². The molecule has 1 aliphatic rings. The van der Waals surface area contributed by atoms with Gasteiger partial charge >= 0.3 is 5.97 Å². The fraction of sp³-hybridized carbons (Fsp3) is 0.400. The standard InChI is InChI=1S/C15H18O2/c1-10(2)15(16)17-14-9-8-11(3)12-6-4-5-7-13(12)14/h4-7,11,14H,1,8-9H2,2-3H3. The van der Waals surface area contributed by atoms with E-state index in [1.165, 1.54) is 5.56 Å². The highest BCUT2D eigenvalue weighted by Gasteiger charge is 2.27. The average Bonchev–Trinajstić information content (AvgIpc) is 2.33. The van der Waals surface area contributed by atoms with Gasteiger partial charge in [-0.3, -0.25) is 0 Å². The number of carbonyl (C=O) groups is 1. The molecule has 0 saturated heterocycles. The van der Waals surface area contributed by atoms with E-state index >= 15 is 0 Å². The Bertz CT molecular complexity index is 448. The molecule has 0 radical (unpaired) electrons. The van der Waals surface area contributed by atoms with Crippen molar-refractivity contribution in [2.75, 3.05) is 0 Å². The molecule has 0 amide bonds. The van der Waals surface area contributed by atoms with Gasteiger partial charge in [-0.05, 0) is 36.8 Å². The Hall–Kier alpha value is -1.57. The zero-order valence-corrected chi connectivity index (χ0v) is 10.4. The normalized spacial score (nSPS) is 22.7. The lowest BCUT2D eigenvalue weighted by molar-refractivity contribution is -0.145. The molecule has 0 aliphatic heterocycles. The van der Waals surface area contributed by atoms with Crippen molar-refractivity contribution in [2.45, 2.75) is 38.7 Å². The van der Waals surface area contributed by atoms with Gasteiger partial charge in [-0.1, -0.05) is 37.8 Å². The van der Waals surface area contributed by atoms with Gasteiger partial charge in [-0.2, -0.15) is 0 Å². The van der Waals surface area contributed by atoms with Gasteiger partial charge in [0.25, 0.3) is 0 Å². The summed E-state index contributed by atoms with van der Waals surface area (Å²) in [4.78, 5) is 11.6. The molecule has 2 rings (SSSR count). The Morgan fingerprint density at radius 3 is 2.59 bits per heavy atom. The van der Waals surface area contributed by atoms with Gasteiger partial charge < -0.3 is 4.74 Å². The van der Waals surface area contributed by atoms with Gasteiger partial charge in [0.15, 0.2) is 0 Å². The summed E-state index contributed by atoms with van der Waals surface area (Å²) in [5.41, 5.74) is 2.92. The largest absolute Gasteiger partial charge is 0.454 e. The second kappa shape index (κ2) is 4.74. The van der Waals surface area contributed by atoms with E-state index in [4.69, 9.17) is 4.74 Å². The third kappa shape index (κ3) is 2.41. The number of benzene rings is 1. The lowest BCUT2D eigenvalue weighted by atomic mass is 9.82. The minimum absolute atomic E-state index is 0.105. The monoisotopic (exact) mass is 230 g/mol. The van der Waals surface area contributed by atoms with E-state index in [0.29, 0.717) is 11.5 Å². The Labute approximate surface area is 102 Å². The van der Waals surface area contributed by atoms with Crippen molar-refractivity contribution in [3.8, 4) is 0 Å². The van der Waals surface area contributed by atoms with Crippen LogP contribution < -0.4 is 0 Å². The Balaban J connectivity index is 2.24. The molecule has 0 saturated carbocycles. The molecule has 1 aliphatic carbocycles. The number of rotatable bonds is 2. The summed E-state index contributed by atoms with van der Waals surface area (Å²) >= 11 is 0. The Morgan fingerprint density at radius 1 is 1.29 bits per heavy atom. The molecular weight excluding hydrogens is 212 g/mol. The molecule has 0 N–H and O–H groups in total. The first kappa shape index (κ1) is 11.9. The van der Waals surface area contributed by atoms with Crippen LogP contribution in [0.2, 0.25) is 0 Å². The van der Waals surface area contributed by atoms with Crippen molar-refractivity contribution in [1.82, 2.24) is 0 Å². The highest BCUT2D eigenvalue weighted by Crippen LogP contribution is 2.39. The zero-order valence-electron chi connectivity index (χ0n) is 10.4. The van der Waals surface area contributed by atoms with Crippen molar-refractivity contribution in [1.29, 1.82) is 0 Å². The van der Waals surface area contributed by atoms with Crippen LogP contribution in [0.5, 0.6) is 0 Å². The van der Waals surface area contributed by atoms with Gasteiger partial charge in [0, 0.05) is 5.57 Å². The molecule has 0 heterocycles. The van der Waals surface area contributed by atoms with Crippen LogP contribution in [0, 0.1) is 0 Å². The second-order valence-electron chi connectivity index (χ2n) is 4.78. The predicted molar refractivity (Wildman–Crippen MR) is 67.7 cm³/mol. The van der Waals surface area contributed by atoms with Gasteiger partial charge in [0.2, 0.25) is 0 Å². The van der Waals surface area contributed by atoms with E-state index in [2.05, 4.69) is 25.6 Å². The van der Waals surface area contributed by atoms with Crippen LogP contribution in [0.15, 0.2) is 36.4 Å². The summed E-state index contributed by atoms with van der Waals surface area (Å²) in [6, 6.07) is 8.22. The molecular formula is C15H18O2. The van der Waals surface area contributed by atoms with E-state index in [9.17, 15) is 4.79 Å². The first-order chi connectivity index (χ1) is 8.09. The Kier molecular flexibility index (Phi) is 3.32. The van der Waals surface area contributed by atoms with Gasteiger partial charge in [-0.15, -0.1) is 0 Å². The van der Waals surface area contributed by atoms with Gasteiger partial charge in [-0.25, -0.2) is 4.79 Å². The quantitative estimate of drug-likeness (QED) is 0.571. The second-order valence-corrected chi connectivity index (χ2v) is 4.78. The highest BCUT2D eigenvalue weighted by molar-refractivity contribution is 5.87. The summed E-state index contributed by atoms with van der Waals surface area (Å²) < 4.78 is 5.49. The fourth-order valence-electron chi connectivity index (χ4n) is 2.32. The van der Waals surface area contributed by atoms with E-state index in [1.54, 1.807) is 6.92 Å². The first-order valence-corrected chi connectivity index (χ1v) is 6.05. The fourth-order valence-corrected chi connectivity index (χ4v) is 2.32. The molecule has 2 atom stereocenters. The predicted octanol–water partition coefficient (Wildman–Crippen LogP) is 3.74. The van der Waals surface area contributed by atoms with Crippen LogP contribution in [0.3, 0.4) is 0 Å². The molecule has 0 fully saturated rings. The first-order valence-electron chi connectivity index (χ1n) is 6.05. The lowest BCUT2D eigenvalue weighted by Gasteiger charge is -2.29. The Morgan fingerprint density at radius 2 is 1.94 bits per heavy atom. The van der Waals surface area contributed by atoms with Crippen LogP contribution in [0.4, 0.5) is 0 Å². The summed E-state index contributed by atoms with van der Waals surface area (Å²) in [7, 11) is 0. The van der Waals surface area contributed by atoms with E-state index in [0.717, 1.165) is 18.4 Å².